The first-order valence-electron chi connectivity index (χ1n) is 6.06. The monoisotopic (exact) mass is 332 g/mol. The van der Waals surface area contributed by atoms with E-state index in [1.807, 2.05) is 0 Å². The van der Waals surface area contributed by atoms with Crippen molar-refractivity contribution in [3.05, 3.63) is 33.9 Å². The molecule has 1 aromatic heterocycles. The quantitative estimate of drug-likeness (QED) is 0.810. The fraction of sp³-hybridized carbons (Fsp3) is 0.385. The van der Waals surface area contributed by atoms with E-state index in [0.29, 0.717) is 23.0 Å². The fourth-order valence-corrected chi connectivity index (χ4v) is 3.09. The Morgan fingerprint density at radius 3 is 2.68 bits per heavy atom. The minimum absolute atomic E-state index is 0.0836. The Kier molecular flexibility index (Phi) is 3.09. The number of rotatable bonds is 1. The molecule has 0 aliphatic carbocycles. The molecule has 0 spiro atoms. The first kappa shape index (κ1) is 13.0. The molecular weight excluding hydrogens is 321 g/mol. The number of fused-ring (bicyclic) bond motifs is 1. The topological polar surface area (TPSA) is 27.8 Å². The van der Waals surface area contributed by atoms with Crippen molar-refractivity contribution in [3.63, 3.8) is 0 Å². The van der Waals surface area contributed by atoms with Gasteiger partial charge in [-0.05, 0) is 36.7 Å². The van der Waals surface area contributed by atoms with Crippen LogP contribution in [0.5, 0.6) is 0 Å². The van der Waals surface area contributed by atoms with Crippen LogP contribution in [0, 0.1) is 0 Å². The van der Waals surface area contributed by atoms with Crippen LogP contribution in [-0.2, 0) is 6.18 Å². The summed E-state index contributed by atoms with van der Waals surface area (Å²) in [4.78, 5) is 2.53. The van der Waals surface area contributed by atoms with E-state index in [2.05, 4.69) is 26.2 Å². The molecule has 1 unspecified atom stereocenters. The Morgan fingerprint density at radius 2 is 2.05 bits per heavy atom. The molecule has 102 valence electrons. The highest BCUT2D eigenvalue weighted by Gasteiger charge is 2.39. The summed E-state index contributed by atoms with van der Waals surface area (Å²) in [5.41, 5.74) is 0.334. The Morgan fingerprint density at radius 1 is 1.26 bits per heavy atom. The van der Waals surface area contributed by atoms with E-state index < -0.39 is 11.9 Å². The summed E-state index contributed by atoms with van der Waals surface area (Å²) >= 11 is 3.32. The molecule has 1 saturated heterocycles. The average Bonchev–Trinajstić information content (AvgIpc) is 2.92. The number of halogens is 4. The smallest absolute Gasteiger partial charge is 0.351 e. The number of aromatic nitrogens is 1. The van der Waals surface area contributed by atoms with Gasteiger partial charge in [0.1, 0.15) is 5.69 Å². The molecule has 0 amide bonds. The third-order valence-corrected chi connectivity index (χ3v) is 4.05. The van der Waals surface area contributed by atoms with E-state index in [9.17, 15) is 13.2 Å². The third kappa shape index (κ3) is 2.27. The molecule has 3 rings (SSSR count). The second kappa shape index (κ2) is 4.52. The van der Waals surface area contributed by atoms with Gasteiger partial charge in [0.2, 0.25) is 0 Å². The summed E-state index contributed by atoms with van der Waals surface area (Å²) < 4.78 is 40.3. The van der Waals surface area contributed by atoms with Crippen molar-refractivity contribution in [3.8, 4) is 0 Å². The number of alkyl halides is 3. The van der Waals surface area contributed by atoms with Gasteiger partial charge in [-0.1, -0.05) is 15.9 Å². The van der Waals surface area contributed by atoms with E-state index >= 15 is 0 Å². The average molecular weight is 333 g/mol. The van der Waals surface area contributed by atoms with Crippen molar-refractivity contribution < 1.29 is 13.2 Å². The summed E-state index contributed by atoms with van der Waals surface area (Å²) in [6.45, 7) is 1.37. The normalized spacial score (nSPS) is 20.3. The highest BCUT2D eigenvalue weighted by atomic mass is 79.9. The molecular formula is C13H12BrF3N2. The lowest BCUT2D eigenvalue weighted by Crippen LogP contribution is -2.13. The molecule has 6 heteroatoms. The minimum atomic E-state index is -4.34. The first-order chi connectivity index (χ1) is 8.97. The van der Waals surface area contributed by atoms with Crippen molar-refractivity contribution in [2.24, 2.45) is 0 Å². The Hall–Kier alpha value is -1.01. The fourth-order valence-electron chi connectivity index (χ4n) is 2.73. The number of aromatic amines is 1. The van der Waals surface area contributed by atoms with Crippen LogP contribution in [0.25, 0.3) is 10.9 Å². The van der Waals surface area contributed by atoms with Crippen LogP contribution in [-0.4, -0.2) is 18.1 Å². The van der Waals surface area contributed by atoms with Crippen molar-refractivity contribution in [1.82, 2.24) is 10.3 Å². The van der Waals surface area contributed by atoms with E-state index in [1.54, 1.807) is 18.2 Å². The van der Waals surface area contributed by atoms with Crippen LogP contribution < -0.4 is 5.32 Å². The van der Waals surface area contributed by atoms with E-state index in [0.717, 1.165) is 17.4 Å². The van der Waals surface area contributed by atoms with Crippen molar-refractivity contribution in [1.29, 1.82) is 0 Å². The Bertz CT molecular complexity index is 612. The van der Waals surface area contributed by atoms with Crippen LogP contribution in [0.1, 0.15) is 23.6 Å². The van der Waals surface area contributed by atoms with Crippen LogP contribution in [0.3, 0.4) is 0 Å². The number of H-pyrrole nitrogens is 1. The van der Waals surface area contributed by atoms with Gasteiger partial charge in [0.05, 0.1) is 0 Å². The first-order valence-corrected chi connectivity index (χ1v) is 6.85. The Balaban J connectivity index is 2.26. The molecule has 0 bridgehead atoms. The van der Waals surface area contributed by atoms with E-state index in [-0.39, 0.29) is 5.92 Å². The third-order valence-electron chi connectivity index (χ3n) is 3.55. The maximum absolute atomic E-state index is 13.2. The summed E-state index contributed by atoms with van der Waals surface area (Å²) in [5, 5.41) is 3.79. The van der Waals surface area contributed by atoms with Crippen molar-refractivity contribution >= 4 is 26.8 Å². The zero-order valence-electron chi connectivity index (χ0n) is 9.94. The number of nitrogens with one attached hydrogen (secondary N) is 2. The predicted molar refractivity (Wildman–Crippen MR) is 71.2 cm³/mol. The number of hydrogen-bond donors (Lipinski definition) is 2. The van der Waals surface area contributed by atoms with Gasteiger partial charge in [-0.15, -0.1) is 0 Å². The molecule has 1 atom stereocenters. The van der Waals surface area contributed by atoms with Crippen LogP contribution in [0.4, 0.5) is 13.2 Å². The van der Waals surface area contributed by atoms with Crippen LogP contribution in [0.2, 0.25) is 0 Å². The zero-order valence-corrected chi connectivity index (χ0v) is 11.5. The molecule has 1 aliphatic rings. The van der Waals surface area contributed by atoms with Gasteiger partial charge in [-0.2, -0.15) is 13.2 Å². The number of hydrogen-bond acceptors (Lipinski definition) is 1. The largest absolute Gasteiger partial charge is 0.431 e. The Labute approximate surface area is 116 Å². The molecule has 2 aromatic rings. The molecule has 1 aromatic carbocycles. The second-order valence-electron chi connectivity index (χ2n) is 4.79. The molecule has 1 fully saturated rings. The van der Waals surface area contributed by atoms with Gasteiger partial charge in [0, 0.05) is 27.8 Å². The molecule has 19 heavy (non-hydrogen) atoms. The lowest BCUT2D eigenvalue weighted by Gasteiger charge is -2.13. The molecule has 0 radical (unpaired) electrons. The van der Waals surface area contributed by atoms with Gasteiger partial charge < -0.3 is 10.3 Å². The van der Waals surface area contributed by atoms with Gasteiger partial charge in [-0.3, -0.25) is 0 Å². The summed E-state index contributed by atoms with van der Waals surface area (Å²) in [7, 11) is 0. The van der Waals surface area contributed by atoms with Gasteiger partial charge in [0.25, 0.3) is 0 Å². The SMILES string of the molecule is FC(F)(F)c1[nH]c2ccc(Br)cc2c1C1CCNC1. The lowest BCUT2D eigenvalue weighted by molar-refractivity contribution is -0.141. The highest BCUT2D eigenvalue weighted by Crippen LogP contribution is 2.41. The van der Waals surface area contributed by atoms with Gasteiger partial charge in [0.15, 0.2) is 0 Å². The number of benzene rings is 1. The molecule has 0 saturated carbocycles. The predicted octanol–water partition coefficient (Wildman–Crippen LogP) is 4.03. The van der Waals surface area contributed by atoms with Crippen LogP contribution >= 0.6 is 15.9 Å². The zero-order chi connectivity index (χ0) is 13.6. The minimum Gasteiger partial charge on any atom is -0.351 e. The maximum atomic E-state index is 13.2. The van der Waals surface area contributed by atoms with Crippen molar-refractivity contribution in [2.45, 2.75) is 18.5 Å². The molecule has 2 N–H and O–H groups in total. The maximum Gasteiger partial charge on any atom is 0.431 e. The lowest BCUT2D eigenvalue weighted by atomic mass is 9.95. The van der Waals surface area contributed by atoms with Crippen LogP contribution in [0.15, 0.2) is 22.7 Å². The van der Waals surface area contributed by atoms with Crippen molar-refractivity contribution in [2.75, 3.05) is 13.1 Å². The van der Waals surface area contributed by atoms with Gasteiger partial charge >= 0.3 is 6.18 Å². The molecule has 1 aliphatic heterocycles. The summed E-state index contributed by atoms with van der Waals surface area (Å²) in [6.07, 6.45) is -3.61. The molecule has 2 nitrogen and oxygen atoms in total. The summed E-state index contributed by atoms with van der Waals surface area (Å²) in [6, 6.07) is 5.19. The van der Waals surface area contributed by atoms with E-state index in [1.165, 1.54) is 0 Å². The second-order valence-corrected chi connectivity index (χ2v) is 5.71. The van der Waals surface area contributed by atoms with Gasteiger partial charge in [-0.25, -0.2) is 0 Å². The van der Waals surface area contributed by atoms with E-state index in [4.69, 9.17) is 0 Å². The standard InChI is InChI=1S/C13H12BrF3N2/c14-8-1-2-10-9(5-8)11(7-3-4-18-6-7)12(19-10)13(15,16)17/h1-2,5,7,18-19H,3-4,6H2. The summed E-state index contributed by atoms with van der Waals surface area (Å²) in [5.74, 6) is -0.0836. The highest BCUT2D eigenvalue weighted by molar-refractivity contribution is 9.10. The molecule has 2 heterocycles.